The van der Waals surface area contributed by atoms with Gasteiger partial charge in [0, 0.05) is 26.2 Å². The summed E-state index contributed by atoms with van der Waals surface area (Å²) in [5, 5.41) is 2.99. The molecule has 0 radical (unpaired) electrons. The summed E-state index contributed by atoms with van der Waals surface area (Å²) in [6, 6.07) is 7.87. The van der Waals surface area contributed by atoms with Crippen molar-refractivity contribution in [2.75, 3.05) is 13.2 Å². The van der Waals surface area contributed by atoms with Crippen LogP contribution in [0, 0.1) is 5.92 Å². The molecule has 0 spiro atoms. The zero-order valence-electron chi connectivity index (χ0n) is 12.9. The summed E-state index contributed by atoms with van der Waals surface area (Å²) < 4.78 is 10.9. The highest BCUT2D eigenvalue weighted by Gasteiger charge is 2.17. The molecule has 1 aliphatic heterocycles. The van der Waals surface area contributed by atoms with E-state index in [0.717, 1.165) is 37.4 Å². The summed E-state index contributed by atoms with van der Waals surface area (Å²) in [6.07, 6.45) is 2.77. The Morgan fingerprint density at radius 1 is 1.29 bits per heavy atom. The van der Waals surface area contributed by atoms with Gasteiger partial charge in [0.1, 0.15) is 5.75 Å². The standard InChI is InChI=1S/C17H25NO3/c1-13(2)21-16-5-3-15(4-6-16)12-18-17(19)11-14-7-9-20-10-8-14/h3-6,13-14H,7-12H2,1-2H3,(H,18,19). The second kappa shape index (κ2) is 8.03. The van der Waals surface area contributed by atoms with Crippen LogP contribution in [-0.4, -0.2) is 25.2 Å². The predicted octanol–water partition coefficient (Wildman–Crippen LogP) is 2.91. The van der Waals surface area contributed by atoms with Gasteiger partial charge in [-0.2, -0.15) is 0 Å². The van der Waals surface area contributed by atoms with Gasteiger partial charge < -0.3 is 14.8 Å². The zero-order valence-corrected chi connectivity index (χ0v) is 12.9. The first-order chi connectivity index (χ1) is 10.1. The first-order valence-corrected chi connectivity index (χ1v) is 7.73. The van der Waals surface area contributed by atoms with Crippen LogP contribution in [0.25, 0.3) is 0 Å². The van der Waals surface area contributed by atoms with Gasteiger partial charge in [-0.15, -0.1) is 0 Å². The summed E-state index contributed by atoms with van der Waals surface area (Å²) in [6.45, 7) is 6.16. The Labute approximate surface area is 126 Å². The lowest BCUT2D eigenvalue weighted by molar-refractivity contribution is -0.122. The number of carbonyl (C=O) groups is 1. The minimum atomic E-state index is 0.129. The molecule has 1 fully saturated rings. The normalized spacial score (nSPS) is 16.0. The third-order valence-corrected chi connectivity index (χ3v) is 3.60. The number of benzene rings is 1. The lowest BCUT2D eigenvalue weighted by Gasteiger charge is -2.21. The van der Waals surface area contributed by atoms with Crippen LogP contribution in [0.4, 0.5) is 0 Å². The van der Waals surface area contributed by atoms with Gasteiger partial charge in [-0.3, -0.25) is 4.79 Å². The average Bonchev–Trinajstić information content (AvgIpc) is 2.47. The summed E-state index contributed by atoms with van der Waals surface area (Å²) in [5.74, 6) is 1.47. The fraction of sp³-hybridized carbons (Fsp3) is 0.588. The van der Waals surface area contributed by atoms with Crippen LogP contribution in [0.5, 0.6) is 5.75 Å². The van der Waals surface area contributed by atoms with Gasteiger partial charge in [0.25, 0.3) is 0 Å². The first-order valence-electron chi connectivity index (χ1n) is 7.73. The Bertz CT molecular complexity index is 436. The topological polar surface area (TPSA) is 47.6 Å². The molecule has 2 rings (SSSR count). The molecule has 0 bridgehead atoms. The van der Waals surface area contributed by atoms with Crippen molar-refractivity contribution >= 4 is 5.91 Å². The molecule has 1 aromatic rings. The van der Waals surface area contributed by atoms with E-state index in [1.54, 1.807) is 0 Å². The number of hydrogen-bond donors (Lipinski definition) is 1. The van der Waals surface area contributed by atoms with Gasteiger partial charge >= 0.3 is 0 Å². The maximum Gasteiger partial charge on any atom is 0.220 e. The molecule has 1 saturated heterocycles. The molecule has 0 saturated carbocycles. The molecular weight excluding hydrogens is 266 g/mol. The quantitative estimate of drug-likeness (QED) is 0.876. The molecule has 1 amide bonds. The number of nitrogens with one attached hydrogen (secondary N) is 1. The van der Waals surface area contributed by atoms with E-state index in [1.165, 1.54) is 0 Å². The van der Waals surface area contributed by atoms with E-state index in [2.05, 4.69) is 5.32 Å². The second-order valence-electron chi connectivity index (χ2n) is 5.85. The van der Waals surface area contributed by atoms with Gasteiger partial charge in [0.05, 0.1) is 6.10 Å². The molecule has 1 heterocycles. The Morgan fingerprint density at radius 2 is 1.95 bits per heavy atom. The minimum absolute atomic E-state index is 0.129. The molecule has 4 heteroatoms. The van der Waals surface area contributed by atoms with Crippen molar-refractivity contribution in [2.24, 2.45) is 5.92 Å². The number of carbonyl (C=O) groups excluding carboxylic acids is 1. The molecule has 4 nitrogen and oxygen atoms in total. The van der Waals surface area contributed by atoms with Gasteiger partial charge in [-0.25, -0.2) is 0 Å². The van der Waals surface area contributed by atoms with E-state index in [0.29, 0.717) is 18.9 Å². The highest BCUT2D eigenvalue weighted by Crippen LogP contribution is 2.18. The largest absolute Gasteiger partial charge is 0.491 e. The van der Waals surface area contributed by atoms with Crippen molar-refractivity contribution in [1.29, 1.82) is 0 Å². The van der Waals surface area contributed by atoms with E-state index in [4.69, 9.17) is 9.47 Å². The molecular formula is C17H25NO3. The molecule has 1 aromatic carbocycles. The lowest BCUT2D eigenvalue weighted by Crippen LogP contribution is -2.27. The van der Waals surface area contributed by atoms with E-state index < -0.39 is 0 Å². The Kier molecular flexibility index (Phi) is 6.05. The van der Waals surface area contributed by atoms with Crippen LogP contribution in [0.2, 0.25) is 0 Å². The first kappa shape index (κ1) is 15.8. The van der Waals surface area contributed by atoms with Crippen molar-refractivity contribution < 1.29 is 14.3 Å². The maximum absolute atomic E-state index is 11.9. The molecule has 0 atom stereocenters. The predicted molar refractivity (Wildman–Crippen MR) is 82.2 cm³/mol. The van der Waals surface area contributed by atoms with E-state index >= 15 is 0 Å². The third kappa shape index (κ3) is 5.76. The zero-order chi connectivity index (χ0) is 15.1. The van der Waals surface area contributed by atoms with E-state index in [1.807, 2.05) is 38.1 Å². The number of ether oxygens (including phenoxy) is 2. The van der Waals surface area contributed by atoms with Crippen LogP contribution in [0.1, 0.15) is 38.7 Å². The SMILES string of the molecule is CC(C)Oc1ccc(CNC(=O)CC2CCOCC2)cc1. The Balaban J connectivity index is 1.73. The minimum Gasteiger partial charge on any atom is -0.491 e. The summed E-state index contributed by atoms with van der Waals surface area (Å²) in [4.78, 5) is 11.9. The summed E-state index contributed by atoms with van der Waals surface area (Å²) in [7, 11) is 0. The molecule has 0 aromatic heterocycles. The Hall–Kier alpha value is -1.55. The van der Waals surface area contributed by atoms with Gasteiger partial charge in [-0.05, 0) is 50.3 Å². The van der Waals surface area contributed by atoms with Crippen LogP contribution >= 0.6 is 0 Å². The molecule has 1 N–H and O–H groups in total. The van der Waals surface area contributed by atoms with E-state index in [-0.39, 0.29) is 12.0 Å². The highest BCUT2D eigenvalue weighted by molar-refractivity contribution is 5.76. The fourth-order valence-corrected chi connectivity index (χ4v) is 2.44. The van der Waals surface area contributed by atoms with Crippen molar-refractivity contribution in [3.05, 3.63) is 29.8 Å². The Morgan fingerprint density at radius 3 is 2.57 bits per heavy atom. The van der Waals surface area contributed by atoms with Gasteiger partial charge in [0.2, 0.25) is 5.91 Å². The van der Waals surface area contributed by atoms with Crippen molar-refractivity contribution in [1.82, 2.24) is 5.32 Å². The third-order valence-electron chi connectivity index (χ3n) is 3.60. The fourth-order valence-electron chi connectivity index (χ4n) is 2.44. The van der Waals surface area contributed by atoms with Crippen LogP contribution < -0.4 is 10.1 Å². The lowest BCUT2D eigenvalue weighted by atomic mass is 9.96. The van der Waals surface area contributed by atoms with Crippen molar-refractivity contribution in [3.8, 4) is 5.75 Å². The van der Waals surface area contributed by atoms with Gasteiger partial charge in [0.15, 0.2) is 0 Å². The number of hydrogen-bond acceptors (Lipinski definition) is 3. The van der Waals surface area contributed by atoms with Crippen LogP contribution in [-0.2, 0) is 16.1 Å². The molecule has 0 aliphatic carbocycles. The maximum atomic E-state index is 11.9. The molecule has 116 valence electrons. The number of rotatable bonds is 6. The van der Waals surface area contributed by atoms with Crippen LogP contribution in [0.3, 0.4) is 0 Å². The molecule has 0 unspecified atom stereocenters. The molecule has 1 aliphatic rings. The molecule has 21 heavy (non-hydrogen) atoms. The highest BCUT2D eigenvalue weighted by atomic mass is 16.5. The van der Waals surface area contributed by atoms with Gasteiger partial charge in [-0.1, -0.05) is 12.1 Å². The smallest absolute Gasteiger partial charge is 0.220 e. The monoisotopic (exact) mass is 291 g/mol. The second-order valence-corrected chi connectivity index (χ2v) is 5.85. The van der Waals surface area contributed by atoms with Crippen molar-refractivity contribution in [3.63, 3.8) is 0 Å². The number of amides is 1. The van der Waals surface area contributed by atoms with E-state index in [9.17, 15) is 4.79 Å². The van der Waals surface area contributed by atoms with Crippen LogP contribution in [0.15, 0.2) is 24.3 Å². The summed E-state index contributed by atoms with van der Waals surface area (Å²) >= 11 is 0. The van der Waals surface area contributed by atoms with Crippen molar-refractivity contribution in [2.45, 2.75) is 45.8 Å². The average molecular weight is 291 g/mol. The summed E-state index contributed by atoms with van der Waals surface area (Å²) in [5.41, 5.74) is 1.09.